The van der Waals surface area contributed by atoms with Crippen LogP contribution in [0.5, 0.6) is 0 Å². The van der Waals surface area contributed by atoms with Crippen molar-refractivity contribution >= 4 is 28.3 Å². The molecule has 2 nitrogen and oxygen atoms in total. The first kappa shape index (κ1) is 27.4. The van der Waals surface area contributed by atoms with Gasteiger partial charge in [0.15, 0.2) is 0 Å². The number of allylic oxidation sites excluding steroid dienone is 1. The van der Waals surface area contributed by atoms with Gasteiger partial charge in [-0.2, -0.15) is 0 Å². The molecule has 1 unspecified atom stereocenters. The molecule has 6 heteroatoms. The van der Waals surface area contributed by atoms with Crippen molar-refractivity contribution < 1.29 is 50.8 Å². The van der Waals surface area contributed by atoms with E-state index in [4.69, 9.17) is 0 Å². The molecule has 0 spiro atoms. The number of benzene rings is 4. The second kappa shape index (κ2) is 12.6. The topological polar surface area (TPSA) is 29.1 Å². The standard InChI is InChI=1S/C12H11Si.C9H7.C8H9NO.2ClH.Zr/c1-3-7-11(8-4-1)13-12-9-5-2-6-10-12;1-2-5-9-7-3-6-8(9)4-1;1-6-4-2-3-5-7(6)8(9)10;;;/h1-10,13H;1-7H;2-5H,1H3,(H2,9,10);2*1H;/q;;;;;+3/p-3. The summed E-state index contributed by atoms with van der Waals surface area (Å²) in [5, 5.41) is 2.84. The summed E-state index contributed by atoms with van der Waals surface area (Å²) >= 11 is -2.67. The van der Waals surface area contributed by atoms with Crippen molar-refractivity contribution in [3.63, 3.8) is 0 Å². The Morgan fingerprint density at radius 3 is 1.91 bits per heavy atom. The van der Waals surface area contributed by atoms with Gasteiger partial charge < -0.3 is 24.8 Å². The average Bonchev–Trinajstić information content (AvgIpc) is 3.29. The van der Waals surface area contributed by atoms with Crippen molar-refractivity contribution in [3.8, 4) is 0 Å². The van der Waals surface area contributed by atoms with E-state index in [1.54, 1.807) is 0 Å². The van der Waals surface area contributed by atoms with Crippen molar-refractivity contribution in [1.82, 2.24) is 3.26 Å². The summed E-state index contributed by atoms with van der Waals surface area (Å²) in [6, 6.07) is 38.4. The third kappa shape index (κ3) is 5.95. The maximum absolute atomic E-state index is 13.6. The van der Waals surface area contributed by atoms with Crippen LogP contribution in [0.15, 0.2) is 115 Å². The van der Waals surface area contributed by atoms with Crippen molar-refractivity contribution in [3.05, 3.63) is 138 Å². The van der Waals surface area contributed by atoms with E-state index >= 15 is 0 Å². The zero-order valence-electron chi connectivity index (χ0n) is 19.4. The minimum absolute atomic E-state index is 0. The normalized spacial score (nSPS) is 13.4. The fourth-order valence-electron chi connectivity index (χ4n) is 4.72. The Kier molecular flexibility index (Phi) is 9.89. The Hall–Kier alpha value is -2.23. The van der Waals surface area contributed by atoms with Crippen LogP contribution in [0.1, 0.15) is 30.7 Å². The number of hydrogen-bond acceptors (Lipinski definition) is 1. The molecule has 1 atom stereocenters. The molecule has 175 valence electrons. The number of rotatable bonds is 6. The third-order valence-corrected chi connectivity index (χ3v) is 25.7. The van der Waals surface area contributed by atoms with E-state index in [9.17, 15) is 4.79 Å². The number of nitrogens with one attached hydrogen (secondary N) is 1. The van der Waals surface area contributed by atoms with Gasteiger partial charge in [0.25, 0.3) is 0 Å². The van der Waals surface area contributed by atoms with E-state index in [0.29, 0.717) is 3.63 Å². The van der Waals surface area contributed by atoms with Crippen LogP contribution < -0.4 is 38.4 Å². The molecule has 1 N–H and O–H groups in total. The molecular weight excluding hydrogens is 569 g/mol. The summed E-state index contributed by atoms with van der Waals surface area (Å²) in [4.78, 5) is 13.6. The minimum Gasteiger partial charge on any atom is -1.00 e. The van der Waals surface area contributed by atoms with Crippen molar-refractivity contribution in [1.29, 1.82) is 0 Å². The van der Waals surface area contributed by atoms with Crippen molar-refractivity contribution in [2.75, 3.05) is 0 Å². The van der Waals surface area contributed by atoms with Crippen LogP contribution in [0.3, 0.4) is 0 Å². The first-order chi connectivity index (χ1) is 16.2. The van der Waals surface area contributed by atoms with E-state index in [-0.39, 0.29) is 30.7 Å². The zero-order chi connectivity index (χ0) is 22.6. The molecule has 0 heterocycles. The first-order valence-corrected chi connectivity index (χ1v) is 20.0. The first-order valence-electron chi connectivity index (χ1n) is 11.3. The van der Waals surface area contributed by atoms with Gasteiger partial charge in [0.1, 0.15) is 0 Å². The van der Waals surface area contributed by atoms with Gasteiger partial charge in [-0.1, -0.05) is 0 Å². The SMILES string of the molecule is Cc1ccccc1C(=O)[NH][Zr+2]([CH]1C=Cc2ccccc21)[SiH](c1ccccc1)c1ccccc1.[Cl-].[Cl-]. The molecule has 4 aromatic carbocycles. The Morgan fingerprint density at radius 1 is 0.743 bits per heavy atom. The monoisotopic (exact) mass is 592 g/mol. The van der Waals surface area contributed by atoms with E-state index in [1.165, 1.54) is 21.5 Å². The summed E-state index contributed by atoms with van der Waals surface area (Å²) in [6.07, 6.45) is 4.62. The second-order valence-electron chi connectivity index (χ2n) is 8.44. The largest absolute Gasteiger partial charge is 1.00 e. The van der Waals surface area contributed by atoms with Gasteiger partial charge in [-0.05, 0) is 0 Å². The van der Waals surface area contributed by atoms with Crippen LogP contribution in [0.4, 0.5) is 0 Å². The smallest absolute Gasteiger partial charge is 1.00 e. The van der Waals surface area contributed by atoms with Crippen LogP contribution in [0.25, 0.3) is 6.08 Å². The summed E-state index contributed by atoms with van der Waals surface area (Å²) in [5.74, 6) is -1.57. The average molecular weight is 595 g/mol. The molecule has 0 bridgehead atoms. The fourth-order valence-corrected chi connectivity index (χ4v) is 25.5. The summed E-state index contributed by atoms with van der Waals surface area (Å²) in [7, 11) is 0. The van der Waals surface area contributed by atoms with E-state index in [1.807, 2.05) is 31.2 Å². The molecule has 0 fully saturated rings. The molecule has 1 amide bonds. The Balaban J connectivity index is 0.00000171. The fraction of sp³-hybridized carbons (Fsp3) is 0.0690. The van der Waals surface area contributed by atoms with Crippen LogP contribution in [0, 0.1) is 6.92 Å². The molecule has 1 aliphatic carbocycles. The molecule has 0 saturated carbocycles. The summed E-state index contributed by atoms with van der Waals surface area (Å²) in [5.41, 5.74) is 4.48. The molecule has 4 aromatic rings. The number of fused-ring (bicyclic) bond motifs is 1. The van der Waals surface area contributed by atoms with Gasteiger partial charge in [0.05, 0.1) is 0 Å². The number of amides is 1. The number of halogens is 2. The number of carbonyl (C=O) groups is 1. The maximum atomic E-state index is 13.6. The Bertz CT molecular complexity index is 1260. The molecule has 1 aliphatic rings. The molecule has 0 aliphatic heterocycles. The van der Waals surface area contributed by atoms with Gasteiger partial charge >= 0.3 is 206 Å². The van der Waals surface area contributed by atoms with Crippen LogP contribution >= 0.6 is 0 Å². The van der Waals surface area contributed by atoms with Crippen LogP contribution in [0.2, 0.25) is 0 Å². The Morgan fingerprint density at radius 2 is 1.29 bits per heavy atom. The number of aryl methyl sites for hydroxylation is 1. The van der Waals surface area contributed by atoms with Crippen molar-refractivity contribution in [2.24, 2.45) is 0 Å². The number of hydrogen-bond donors (Lipinski definition) is 1. The van der Waals surface area contributed by atoms with Gasteiger partial charge in [-0.3, -0.25) is 0 Å². The van der Waals surface area contributed by atoms with E-state index in [0.717, 1.165) is 11.1 Å². The third-order valence-electron chi connectivity index (χ3n) is 6.36. The predicted octanol–water partition coefficient (Wildman–Crippen LogP) is -1.43. The minimum atomic E-state index is -2.67. The van der Waals surface area contributed by atoms with E-state index in [2.05, 4.69) is 100 Å². The molecular formula is C29H26Cl2NOSiZr. The van der Waals surface area contributed by atoms with Crippen LogP contribution in [-0.4, -0.2) is 11.8 Å². The molecule has 0 aromatic heterocycles. The van der Waals surface area contributed by atoms with Gasteiger partial charge in [0, 0.05) is 0 Å². The number of carbonyl (C=O) groups excluding carboxylic acids is 1. The predicted molar refractivity (Wildman–Crippen MR) is 136 cm³/mol. The van der Waals surface area contributed by atoms with Crippen molar-refractivity contribution in [2.45, 2.75) is 10.5 Å². The second-order valence-corrected chi connectivity index (χ2v) is 23.0. The zero-order valence-corrected chi connectivity index (χ0v) is 24.5. The molecule has 35 heavy (non-hydrogen) atoms. The summed E-state index contributed by atoms with van der Waals surface area (Å²) in [6.45, 7) is 2.02. The van der Waals surface area contributed by atoms with Gasteiger partial charge in [0.2, 0.25) is 0 Å². The Labute approximate surface area is 229 Å². The summed E-state index contributed by atoms with van der Waals surface area (Å²) < 4.78 is 4.05. The van der Waals surface area contributed by atoms with Gasteiger partial charge in [-0.25, -0.2) is 0 Å². The van der Waals surface area contributed by atoms with Gasteiger partial charge in [-0.15, -0.1) is 0 Å². The van der Waals surface area contributed by atoms with Crippen LogP contribution in [-0.2, 0) is 21.2 Å². The van der Waals surface area contributed by atoms with E-state index < -0.39 is 27.1 Å². The molecule has 5 rings (SSSR count). The molecule has 0 radical (unpaired) electrons. The molecule has 0 saturated heterocycles. The maximum Gasteiger partial charge on any atom is -1.00 e. The quantitative estimate of drug-likeness (QED) is 0.273.